The summed E-state index contributed by atoms with van der Waals surface area (Å²) in [6, 6.07) is 6.05. The topological polar surface area (TPSA) is 61.2 Å². The van der Waals surface area contributed by atoms with Crippen molar-refractivity contribution in [1.82, 2.24) is 9.78 Å². The van der Waals surface area contributed by atoms with Crippen LogP contribution in [-0.2, 0) is 20.7 Å². The van der Waals surface area contributed by atoms with Crippen LogP contribution in [0.2, 0.25) is 0 Å². The van der Waals surface area contributed by atoms with Crippen LogP contribution in [-0.4, -0.2) is 37.2 Å². The third-order valence-corrected chi connectivity index (χ3v) is 8.37. The molecule has 1 heterocycles. The zero-order valence-corrected chi connectivity index (χ0v) is 20.2. The van der Waals surface area contributed by atoms with Gasteiger partial charge in [0.2, 0.25) is 0 Å². The smallest absolute Gasteiger partial charge is 0.270 e. The van der Waals surface area contributed by atoms with Gasteiger partial charge in [0.15, 0.2) is 0 Å². The minimum Gasteiger partial charge on any atom is -0.270 e. The lowest BCUT2D eigenvalue weighted by atomic mass is 9.54. The van der Waals surface area contributed by atoms with Crippen molar-refractivity contribution in [2.45, 2.75) is 38.8 Å². The van der Waals surface area contributed by atoms with Crippen LogP contribution >= 0.6 is 0 Å². The summed E-state index contributed by atoms with van der Waals surface area (Å²) in [4.78, 5) is 0. The molecular weight excluding hydrogens is 484 g/mol. The standard InChI is InChI=1S/C25H26F4N2O3S/c1-24-12-15-13-30-31(18-6-4-17(26)5-7-18)23(15)11-16(24)3-8-19-20(14-34-35(2,32)33)22(25(27,28)29)10-9-21(19)24/h4-7,9,11,13,19-20,22H,3,8,10,12,14H2,1-2H3/t19?,20-,22-,24+/m1/s1. The number of nitrogens with zero attached hydrogens (tertiary/aromatic N) is 2. The highest BCUT2D eigenvalue weighted by molar-refractivity contribution is 7.85. The summed E-state index contributed by atoms with van der Waals surface area (Å²) < 4.78 is 85.0. The van der Waals surface area contributed by atoms with E-state index in [4.69, 9.17) is 4.18 Å². The number of aromatic nitrogens is 2. The molecule has 2 aromatic rings. The van der Waals surface area contributed by atoms with Gasteiger partial charge in [-0.2, -0.15) is 26.7 Å². The molecule has 3 aliphatic carbocycles. The van der Waals surface area contributed by atoms with Gasteiger partial charge in [0.05, 0.1) is 36.4 Å². The van der Waals surface area contributed by atoms with Crippen LogP contribution < -0.4 is 0 Å². The second-order valence-corrected chi connectivity index (χ2v) is 11.6. The van der Waals surface area contributed by atoms with Crippen LogP contribution in [0.15, 0.2) is 47.7 Å². The SMILES string of the molecule is C[C@]12Cc3cnn(-c4ccc(F)cc4)c3C=C1CCC1C2=CC[C@@H](C(F)(F)F)[C@@H]1COS(C)(=O)=O. The molecule has 5 rings (SSSR count). The predicted molar refractivity (Wildman–Crippen MR) is 123 cm³/mol. The molecule has 4 atom stereocenters. The number of alkyl halides is 3. The number of rotatable bonds is 4. The van der Waals surface area contributed by atoms with E-state index in [9.17, 15) is 26.0 Å². The fourth-order valence-corrected chi connectivity index (χ4v) is 6.55. The van der Waals surface area contributed by atoms with Gasteiger partial charge in [0.1, 0.15) is 5.82 Å². The summed E-state index contributed by atoms with van der Waals surface area (Å²) >= 11 is 0. The highest BCUT2D eigenvalue weighted by Gasteiger charge is 2.54. The summed E-state index contributed by atoms with van der Waals surface area (Å²) in [5, 5.41) is 4.50. The van der Waals surface area contributed by atoms with Crippen LogP contribution in [0.5, 0.6) is 0 Å². The molecule has 0 amide bonds. The van der Waals surface area contributed by atoms with Crippen molar-refractivity contribution in [2.24, 2.45) is 23.2 Å². The van der Waals surface area contributed by atoms with E-state index in [1.54, 1.807) is 29.1 Å². The van der Waals surface area contributed by atoms with Crippen LogP contribution in [0.4, 0.5) is 17.6 Å². The average Bonchev–Trinajstić information content (AvgIpc) is 3.17. The first-order chi connectivity index (χ1) is 16.4. The summed E-state index contributed by atoms with van der Waals surface area (Å²) in [5.74, 6) is -3.37. The van der Waals surface area contributed by atoms with Crippen LogP contribution in [0, 0.1) is 29.0 Å². The second kappa shape index (κ2) is 8.30. The number of benzene rings is 1. The van der Waals surface area contributed by atoms with Gasteiger partial charge in [-0.15, -0.1) is 0 Å². The Balaban J connectivity index is 1.51. The van der Waals surface area contributed by atoms with Crippen molar-refractivity contribution >= 4 is 16.2 Å². The monoisotopic (exact) mass is 510 g/mol. The fourth-order valence-electron chi connectivity index (χ4n) is 6.14. The van der Waals surface area contributed by atoms with Gasteiger partial charge in [0, 0.05) is 11.3 Å². The second-order valence-electron chi connectivity index (χ2n) is 9.96. The van der Waals surface area contributed by atoms with Crippen molar-refractivity contribution in [2.75, 3.05) is 12.9 Å². The van der Waals surface area contributed by atoms with Crippen molar-refractivity contribution in [3.05, 3.63) is 64.8 Å². The fraction of sp³-hybridized carbons (Fsp3) is 0.480. The molecule has 5 nitrogen and oxygen atoms in total. The molecule has 0 saturated heterocycles. The first kappa shape index (κ1) is 24.2. The average molecular weight is 511 g/mol. The van der Waals surface area contributed by atoms with E-state index in [1.807, 2.05) is 0 Å². The Morgan fingerprint density at radius 1 is 1.23 bits per heavy atom. The highest BCUT2D eigenvalue weighted by Crippen LogP contribution is 2.58. The first-order valence-electron chi connectivity index (χ1n) is 11.5. The maximum Gasteiger partial charge on any atom is 0.392 e. The number of hydrogen-bond donors (Lipinski definition) is 0. The maximum absolute atomic E-state index is 13.9. The van der Waals surface area contributed by atoms with Gasteiger partial charge in [-0.1, -0.05) is 24.1 Å². The molecule has 35 heavy (non-hydrogen) atoms. The Morgan fingerprint density at radius 3 is 2.60 bits per heavy atom. The molecule has 0 N–H and O–H groups in total. The van der Waals surface area contributed by atoms with Gasteiger partial charge in [-0.05, 0) is 67.5 Å². The molecule has 0 bridgehead atoms. The third kappa shape index (κ3) is 4.35. The van der Waals surface area contributed by atoms with Crippen molar-refractivity contribution < 1.29 is 30.2 Å². The zero-order valence-electron chi connectivity index (χ0n) is 19.3. The van der Waals surface area contributed by atoms with E-state index >= 15 is 0 Å². The molecule has 1 saturated carbocycles. The normalized spacial score (nSPS) is 28.5. The van der Waals surface area contributed by atoms with Gasteiger partial charge in [-0.25, -0.2) is 9.07 Å². The molecule has 0 spiro atoms. The Kier molecular flexibility index (Phi) is 5.75. The Bertz CT molecular complexity index is 1310. The van der Waals surface area contributed by atoms with Crippen molar-refractivity contribution in [3.63, 3.8) is 0 Å². The summed E-state index contributed by atoms with van der Waals surface area (Å²) in [7, 11) is -3.87. The van der Waals surface area contributed by atoms with E-state index in [0.29, 0.717) is 19.3 Å². The van der Waals surface area contributed by atoms with E-state index in [0.717, 1.165) is 34.3 Å². The minimum absolute atomic E-state index is 0.197. The number of halogens is 4. The lowest BCUT2D eigenvalue weighted by Crippen LogP contribution is -2.46. The Morgan fingerprint density at radius 2 is 1.94 bits per heavy atom. The lowest BCUT2D eigenvalue weighted by Gasteiger charge is -2.51. The van der Waals surface area contributed by atoms with E-state index < -0.39 is 46.1 Å². The molecule has 3 aliphatic rings. The molecule has 10 heteroatoms. The molecule has 1 unspecified atom stereocenters. The quantitative estimate of drug-likeness (QED) is 0.311. The van der Waals surface area contributed by atoms with Crippen LogP contribution in [0.1, 0.15) is 37.4 Å². The van der Waals surface area contributed by atoms with E-state index in [-0.39, 0.29) is 12.2 Å². The zero-order chi connectivity index (χ0) is 25.2. The summed E-state index contributed by atoms with van der Waals surface area (Å²) in [6.07, 6.45) is 3.41. The van der Waals surface area contributed by atoms with E-state index in [2.05, 4.69) is 18.1 Å². The van der Waals surface area contributed by atoms with Crippen LogP contribution in [0.3, 0.4) is 0 Å². The first-order valence-corrected chi connectivity index (χ1v) is 13.3. The van der Waals surface area contributed by atoms with Crippen molar-refractivity contribution in [3.8, 4) is 5.69 Å². The van der Waals surface area contributed by atoms with Gasteiger partial charge in [-0.3, -0.25) is 4.18 Å². The molecule has 0 radical (unpaired) electrons. The maximum atomic E-state index is 13.9. The molecule has 1 aromatic carbocycles. The largest absolute Gasteiger partial charge is 0.392 e. The third-order valence-electron chi connectivity index (χ3n) is 7.80. The van der Waals surface area contributed by atoms with E-state index in [1.165, 1.54) is 12.1 Å². The molecule has 0 aliphatic heterocycles. The molecule has 1 aromatic heterocycles. The predicted octanol–water partition coefficient (Wildman–Crippen LogP) is 5.47. The number of hydrogen-bond acceptors (Lipinski definition) is 4. The number of allylic oxidation sites excluding steroid dienone is 3. The molecule has 188 valence electrons. The minimum atomic E-state index is -4.44. The summed E-state index contributed by atoms with van der Waals surface area (Å²) in [6.45, 7) is 1.57. The van der Waals surface area contributed by atoms with Gasteiger partial charge in [0.25, 0.3) is 10.1 Å². The number of fused-ring (bicyclic) bond motifs is 4. The van der Waals surface area contributed by atoms with Crippen molar-refractivity contribution in [1.29, 1.82) is 0 Å². The lowest BCUT2D eigenvalue weighted by molar-refractivity contribution is -0.198. The van der Waals surface area contributed by atoms with Crippen LogP contribution in [0.25, 0.3) is 11.8 Å². The Hall–Kier alpha value is -2.46. The van der Waals surface area contributed by atoms with Gasteiger partial charge < -0.3 is 0 Å². The Labute approximate surface area is 201 Å². The molecular formula is C25H26F4N2O3S. The summed E-state index contributed by atoms with van der Waals surface area (Å²) in [5.41, 5.74) is 4.15. The highest BCUT2D eigenvalue weighted by atomic mass is 32.2. The molecule has 1 fully saturated rings. The van der Waals surface area contributed by atoms with Gasteiger partial charge >= 0.3 is 6.18 Å².